The fourth-order valence-electron chi connectivity index (χ4n) is 4.69. The van der Waals surface area contributed by atoms with Crippen LogP contribution in [0.15, 0.2) is 48.5 Å². The molecule has 1 heterocycles. The molecule has 6 nitrogen and oxygen atoms in total. The molecule has 3 unspecified atom stereocenters. The van der Waals surface area contributed by atoms with Crippen molar-refractivity contribution in [1.29, 1.82) is 0 Å². The van der Waals surface area contributed by atoms with Crippen molar-refractivity contribution in [2.75, 3.05) is 20.2 Å². The van der Waals surface area contributed by atoms with E-state index in [0.29, 0.717) is 19.5 Å². The monoisotopic (exact) mass is 408 g/mol. The van der Waals surface area contributed by atoms with Crippen LogP contribution in [0.1, 0.15) is 47.8 Å². The molecule has 2 N–H and O–H groups in total. The molecule has 4 rings (SSSR count). The third kappa shape index (κ3) is 4.13. The summed E-state index contributed by atoms with van der Waals surface area (Å²) in [5.41, 5.74) is 8.77. The molecule has 1 aliphatic carbocycles. The molecule has 0 spiro atoms. The van der Waals surface area contributed by atoms with Crippen LogP contribution in [0, 0.1) is 0 Å². The van der Waals surface area contributed by atoms with Crippen LogP contribution in [-0.4, -0.2) is 43.2 Å². The van der Waals surface area contributed by atoms with Crippen LogP contribution < -0.4 is 10.5 Å². The molecule has 30 heavy (non-hydrogen) atoms. The Kier molecular flexibility index (Phi) is 5.93. The number of likely N-dealkylation sites (tertiary alicyclic amines) is 1. The van der Waals surface area contributed by atoms with Crippen LogP contribution in [0.2, 0.25) is 0 Å². The van der Waals surface area contributed by atoms with E-state index in [-0.39, 0.29) is 23.9 Å². The lowest BCUT2D eigenvalue weighted by molar-refractivity contribution is -0.154. The van der Waals surface area contributed by atoms with Crippen LogP contribution in [0.25, 0.3) is 0 Å². The maximum Gasteiger partial charge on any atom is 0.314 e. The van der Waals surface area contributed by atoms with Gasteiger partial charge in [0.25, 0.3) is 0 Å². The molecule has 2 aliphatic rings. The van der Waals surface area contributed by atoms with Crippen LogP contribution in [-0.2, 0) is 16.0 Å². The first kappa shape index (κ1) is 20.3. The van der Waals surface area contributed by atoms with Gasteiger partial charge in [-0.25, -0.2) is 4.79 Å². The van der Waals surface area contributed by atoms with Gasteiger partial charge in [-0.1, -0.05) is 36.4 Å². The Morgan fingerprint density at radius 2 is 1.90 bits per heavy atom. The summed E-state index contributed by atoms with van der Waals surface area (Å²) in [5.74, 6) is 0.283. The number of fused-ring (bicyclic) bond motifs is 1. The largest absolute Gasteiger partial charge is 0.497 e. The fraction of sp³-hybridized carbons (Fsp3) is 0.417. The summed E-state index contributed by atoms with van der Waals surface area (Å²) in [4.78, 5) is 26.6. The first-order valence-electron chi connectivity index (χ1n) is 10.5. The maximum absolute atomic E-state index is 13.2. The highest BCUT2D eigenvalue weighted by atomic mass is 16.5. The molecule has 0 radical (unpaired) electrons. The average Bonchev–Trinajstić information content (AvgIpc) is 2.78. The van der Waals surface area contributed by atoms with Gasteiger partial charge in [0, 0.05) is 25.4 Å². The van der Waals surface area contributed by atoms with Gasteiger partial charge in [-0.15, -0.1) is 0 Å². The van der Waals surface area contributed by atoms with Crippen LogP contribution in [0.3, 0.4) is 0 Å². The Balaban J connectivity index is 1.54. The summed E-state index contributed by atoms with van der Waals surface area (Å²) in [5, 5.41) is 0. The fourth-order valence-corrected chi connectivity index (χ4v) is 4.69. The minimum absolute atomic E-state index is 0.0877. The number of hydrogen-bond acceptors (Lipinski definition) is 4. The van der Waals surface area contributed by atoms with Crippen molar-refractivity contribution in [2.45, 2.75) is 43.6 Å². The normalized spacial score (nSPS) is 23.4. The number of carbonyl (C=O) groups excluding carboxylic acids is 2. The van der Waals surface area contributed by atoms with Crippen molar-refractivity contribution in [1.82, 2.24) is 4.90 Å². The highest BCUT2D eigenvalue weighted by Gasteiger charge is 2.37. The predicted octanol–water partition coefficient (Wildman–Crippen LogP) is 3.60. The van der Waals surface area contributed by atoms with Gasteiger partial charge < -0.3 is 20.1 Å². The number of nitrogens with zero attached hydrogens (tertiary/aromatic N) is 1. The Morgan fingerprint density at radius 3 is 2.63 bits per heavy atom. The van der Waals surface area contributed by atoms with Gasteiger partial charge in [-0.05, 0) is 48.1 Å². The quantitative estimate of drug-likeness (QED) is 0.784. The van der Waals surface area contributed by atoms with Gasteiger partial charge in [0.15, 0.2) is 0 Å². The molecule has 0 aromatic heterocycles. The average molecular weight is 408 g/mol. The second-order valence-electron chi connectivity index (χ2n) is 8.08. The third-order valence-corrected chi connectivity index (χ3v) is 6.31. The van der Waals surface area contributed by atoms with Gasteiger partial charge in [0.2, 0.25) is 0 Å². The van der Waals surface area contributed by atoms with Gasteiger partial charge in [-0.2, -0.15) is 0 Å². The van der Waals surface area contributed by atoms with Crippen molar-refractivity contribution in [3.8, 4) is 5.75 Å². The lowest BCUT2D eigenvalue weighted by atomic mass is 9.82. The zero-order valence-electron chi connectivity index (χ0n) is 17.3. The number of nitrogens with two attached hydrogens (primary N) is 1. The lowest BCUT2D eigenvalue weighted by Gasteiger charge is -2.38. The molecule has 1 aliphatic heterocycles. The van der Waals surface area contributed by atoms with Gasteiger partial charge >= 0.3 is 12.0 Å². The van der Waals surface area contributed by atoms with E-state index in [1.807, 2.05) is 48.5 Å². The number of ether oxygens (including phenoxy) is 2. The number of amides is 2. The molecule has 6 heteroatoms. The third-order valence-electron chi connectivity index (χ3n) is 6.31. The molecule has 2 amide bonds. The predicted molar refractivity (Wildman–Crippen MR) is 114 cm³/mol. The highest BCUT2D eigenvalue weighted by molar-refractivity contribution is 5.79. The van der Waals surface area contributed by atoms with E-state index in [4.69, 9.17) is 15.2 Å². The van der Waals surface area contributed by atoms with E-state index >= 15 is 0 Å². The summed E-state index contributed by atoms with van der Waals surface area (Å²) in [6.45, 7) is 0.949. The number of esters is 1. The number of methoxy groups -OCH3 is 1. The van der Waals surface area contributed by atoms with Crippen molar-refractivity contribution >= 4 is 12.0 Å². The number of piperidine rings is 1. The molecule has 1 fully saturated rings. The summed E-state index contributed by atoms with van der Waals surface area (Å²) in [6, 6.07) is 15.4. The van der Waals surface area contributed by atoms with Crippen LogP contribution >= 0.6 is 0 Å². The number of benzene rings is 2. The van der Waals surface area contributed by atoms with E-state index in [0.717, 1.165) is 41.7 Å². The highest BCUT2D eigenvalue weighted by Crippen LogP contribution is 2.37. The van der Waals surface area contributed by atoms with Gasteiger partial charge in [-0.3, -0.25) is 4.79 Å². The van der Waals surface area contributed by atoms with Crippen molar-refractivity contribution in [2.24, 2.45) is 5.73 Å². The first-order chi connectivity index (χ1) is 14.6. The molecule has 3 atom stereocenters. The molecule has 1 saturated heterocycles. The smallest absolute Gasteiger partial charge is 0.314 e. The molecule has 0 bridgehead atoms. The van der Waals surface area contributed by atoms with Crippen molar-refractivity contribution < 1.29 is 19.1 Å². The molecule has 0 saturated carbocycles. The van der Waals surface area contributed by atoms with E-state index < -0.39 is 6.03 Å². The van der Waals surface area contributed by atoms with E-state index in [2.05, 4.69) is 0 Å². The minimum atomic E-state index is -0.434. The Hall–Kier alpha value is -3.02. The first-order valence-corrected chi connectivity index (χ1v) is 10.5. The van der Waals surface area contributed by atoms with Gasteiger partial charge in [0.1, 0.15) is 11.9 Å². The SMILES string of the molecule is COc1ccc2c(c1)CCCC2C(=O)OC1CCN(C(N)=O)CC1c1ccccc1. The number of primary amides is 1. The lowest BCUT2D eigenvalue weighted by Crippen LogP contribution is -2.48. The van der Waals surface area contributed by atoms with E-state index in [1.165, 1.54) is 0 Å². The summed E-state index contributed by atoms with van der Waals surface area (Å²) in [7, 11) is 1.65. The standard InChI is InChI=1S/C24H28N2O4/c1-29-18-10-11-19-17(14-18)8-5-9-20(19)23(27)30-22-12-13-26(24(25)28)15-21(22)16-6-3-2-4-7-16/h2-4,6-7,10-11,14,20-22H,5,8-9,12-13,15H2,1H3,(H2,25,28). The van der Waals surface area contributed by atoms with Gasteiger partial charge in [0.05, 0.1) is 13.0 Å². The Bertz CT molecular complexity index is 915. The van der Waals surface area contributed by atoms with E-state index in [9.17, 15) is 9.59 Å². The number of aryl methyl sites for hydroxylation is 1. The minimum Gasteiger partial charge on any atom is -0.497 e. The summed E-state index contributed by atoms with van der Waals surface area (Å²) < 4.78 is 11.4. The van der Waals surface area contributed by atoms with Crippen LogP contribution in [0.4, 0.5) is 4.79 Å². The molecule has 2 aromatic rings. The molecule has 2 aromatic carbocycles. The maximum atomic E-state index is 13.2. The number of carbonyl (C=O) groups is 2. The molecular weight excluding hydrogens is 380 g/mol. The number of urea groups is 1. The topological polar surface area (TPSA) is 81.9 Å². The van der Waals surface area contributed by atoms with Crippen LogP contribution in [0.5, 0.6) is 5.75 Å². The zero-order valence-corrected chi connectivity index (χ0v) is 17.3. The number of rotatable bonds is 4. The van der Waals surface area contributed by atoms with E-state index in [1.54, 1.807) is 12.0 Å². The van der Waals surface area contributed by atoms with Crippen molar-refractivity contribution in [3.63, 3.8) is 0 Å². The second-order valence-corrected chi connectivity index (χ2v) is 8.08. The zero-order chi connectivity index (χ0) is 21.1. The Morgan fingerprint density at radius 1 is 1.10 bits per heavy atom. The molecule has 158 valence electrons. The second kappa shape index (κ2) is 8.78. The summed E-state index contributed by atoms with van der Waals surface area (Å²) >= 11 is 0. The summed E-state index contributed by atoms with van der Waals surface area (Å²) in [6.07, 6.45) is 2.98. The molecular formula is C24H28N2O4. The Labute approximate surface area is 177 Å². The van der Waals surface area contributed by atoms with Crippen molar-refractivity contribution in [3.05, 3.63) is 65.2 Å². The number of hydrogen-bond donors (Lipinski definition) is 1.